The Hall–Kier alpha value is -2.37. The van der Waals surface area contributed by atoms with E-state index >= 15 is 0 Å². The lowest BCUT2D eigenvalue weighted by molar-refractivity contribution is 0.481. The van der Waals surface area contributed by atoms with Gasteiger partial charge < -0.3 is 14.7 Å². The average molecular weight is 312 g/mol. The number of piperidine rings is 1. The summed E-state index contributed by atoms with van der Waals surface area (Å²) in [7, 11) is 6.08. The van der Waals surface area contributed by atoms with Crippen molar-refractivity contribution < 1.29 is 0 Å². The average Bonchev–Trinajstić information content (AvgIpc) is 2.62. The highest BCUT2D eigenvalue weighted by molar-refractivity contribution is 5.44. The maximum atomic E-state index is 4.65. The quantitative estimate of drug-likeness (QED) is 0.861. The Kier molecular flexibility index (Phi) is 4.60. The second-order valence-corrected chi connectivity index (χ2v) is 6.15. The maximum absolute atomic E-state index is 4.65. The topological polar surface area (TPSA) is 48.4 Å². The van der Waals surface area contributed by atoms with Crippen molar-refractivity contribution >= 4 is 17.6 Å². The molecule has 3 heterocycles. The Bertz CT molecular complexity index is 630. The van der Waals surface area contributed by atoms with Gasteiger partial charge in [-0.05, 0) is 31.0 Å². The molecule has 2 aromatic heterocycles. The molecule has 1 aliphatic heterocycles. The number of hydrogen-bond acceptors (Lipinski definition) is 6. The van der Waals surface area contributed by atoms with E-state index in [9.17, 15) is 0 Å². The van der Waals surface area contributed by atoms with Crippen LogP contribution in [0, 0.1) is 0 Å². The SMILES string of the molecule is CN(C)c1ccnc(N(C)C2CCCN(c3ccccn3)C2)n1. The van der Waals surface area contributed by atoms with Crippen molar-refractivity contribution in [1.82, 2.24) is 15.0 Å². The molecular weight excluding hydrogens is 288 g/mol. The lowest BCUT2D eigenvalue weighted by Gasteiger charge is -2.38. The largest absolute Gasteiger partial charge is 0.363 e. The van der Waals surface area contributed by atoms with E-state index in [0.717, 1.165) is 43.5 Å². The lowest BCUT2D eigenvalue weighted by atomic mass is 10.0. The van der Waals surface area contributed by atoms with Gasteiger partial charge in [0, 0.05) is 52.7 Å². The van der Waals surface area contributed by atoms with E-state index in [4.69, 9.17) is 0 Å². The van der Waals surface area contributed by atoms with E-state index in [0.29, 0.717) is 6.04 Å². The van der Waals surface area contributed by atoms with Gasteiger partial charge in [-0.25, -0.2) is 9.97 Å². The first-order valence-corrected chi connectivity index (χ1v) is 8.04. The van der Waals surface area contributed by atoms with Crippen molar-refractivity contribution in [2.24, 2.45) is 0 Å². The molecule has 6 heteroatoms. The molecule has 122 valence electrons. The van der Waals surface area contributed by atoms with E-state index in [1.807, 2.05) is 49.6 Å². The molecule has 0 saturated carbocycles. The van der Waals surface area contributed by atoms with Crippen LogP contribution in [0.25, 0.3) is 0 Å². The first-order valence-electron chi connectivity index (χ1n) is 8.04. The first kappa shape index (κ1) is 15.5. The van der Waals surface area contributed by atoms with Gasteiger partial charge in [-0.15, -0.1) is 0 Å². The normalized spacial score (nSPS) is 17.9. The number of likely N-dealkylation sites (N-methyl/N-ethyl adjacent to an activating group) is 1. The minimum absolute atomic E-state index is 0.392. The van der Waals surface area contributed by atoms with E-state index in [1.165, 1.54) is 0 Å². The molecule has 2 aromatic rings. The van der Waals surface area contributed by atoms with Crippen LogP contribution in [0.3, 0.4) is 0 Å². The molecule has 0 aliphatic carbocycles. The molecule has 23 heavy (non-hydrogen) atoms. The molecule has 0 N–H and O–H groups in total. The molecule has 1 unspecified atom stereocenters. The van der Waals surface area contributed by atoms with Gasteiger partial charge in [0.25, 0.3) is 0 Å². The molecule has 1 saturated heterocycles. The van der Waals surface area contributed by atoms with Crippen LogP contribution in [-0.2, 0) is 0 Å². The summed E-state index contributed by atoms with van der Waals surface area (Å²) < 4.78 is 0. The standard InChI is InChI=1S/C17H24N6/c1-21(2)16-9-11-19-17(20-16)22(3)14-7-6-12-23(13-14)15-8-4-5-10-18-15/h4-5,8-11,14H,6-7,12-13H2,1-3H3. The van der Waals surface area contributed by atoms with Crippen LogP contribution >= 0.6 is 0 Å². The van der Waals surface area contributed by atoms with Gasteiger partial charge in [-0.3, -0.25) is 0 Å². The van der Waals surface area contributed by atoms with Crippen molar-refractivity contribution in [2.45, 2.75) is 18.9 Å². The van der Waals surface area contributed by atoms with Crippen LogP contribution in [-0.4, -0.2) is 55.2 Å². The molecule has 0 aromatic carbocycles. The van der Waals surface area contributed by atoms with Gasteiger partial charge in [0.1, 0.15) is 11.6 Å². The third kappa shape index (κ3) is 3.52. The predicted molar refractivity (Wildman–Crippen MR) is 94.2 cm³/mol. The third-order valence-corrected chi connectivity index (χ3v) is 4.32. The Balaban J connectivity index is 1.74. The lowest BCUT2D eigenvalue weighted by Crippen LogP contribution is -2.47. The highest BCUT2D eigenvalue weighted by Crippen LogP contribution is 2.22. The third-order valence-electron chi connectivity index (χ3n) is 4.32. The van der Waals surface area contributed by atoms with Crippen LogP contribution in [0.5, 0.6) is 0 Å². The van der Waals surface area contributed by atoms with E-state index in [-0.39, 0.29) is 0 Å². The summed E-state index contributed by atoms with van der Waals surface area (Å²) in [5.74, 6) is 2.76. The van der Waals surface area contributed by atoms with Crippen LogP contribution < -0.4 is 14.7 Å². The van der Waals surface area contributed by atoms with E-state index < -0.39 is 0 Å². The van der Waals surface area contributed by atoms with Crippen molar-refractivity contribution in [3.05, 3.63) is 36.7 Å². The summed E-state index contributed by atoms with van der Waals surface area (Å²) in [6, 6.07) is 8.39. The van der Waals surface area contributed by atoms with Crippen LogP contribution in [0.1, 0.15) is 12.8 Å². The number of hydrogen-bond donors (Lipinski definition) is 0. The molecule has 0 radical (unpaired) electrons. The summed E-state index contributed by atoms with van der Waals surface area (Å²) in [5.41, 5.74) is 0. The van der Waals surface area contributed by atoms with Gasteiger partial charge in [-0.1, -0.05) is 6.07 Å². The van der Waals surface area contributed by atoms with E-state index in [1.54, 1.807) is 0 Å². The van der Waals surface area contributed by atoms with Gasteiger partial charge in [-0.2, -0.15) is 4.98 Å². The number of rotatable bonds is 4. The van der Waals surface area contributed by atoms with Crippen LogP contribution in [0.4, 0.5) is 17.6 Å². The molecule has 0 spiro atoms. The maximum Gasteiger partial charge on any atom is 0.227 e. The summed E-state index contributed by atoms with van der Waals surface area (Å²) in [6.45, 7) is 2.00. The van der Waals surface area contributed by atoms with Gasteiger partial charge in [0.15, 0.2) is 0 Å². The smallest absolute Gasteiger partial charge is 0.227 e. The minimum atomic E-state index is 0.392. The van der Waals surface area contributed by atoms with Gasteiger partial charge in [0.05, 0.1) is 0 Å². The van der Waals surface area contributed by atoms with Crippen molar-refractivity contribution in [3.8, 4) is 0 Å². The molecule has 1 aliphatic rings. The Morgan fingerprint density at radius 3 is 2.70 bits per heavy atom. The first-order chi connectivity index (χ1) is 11.1. The zero-order valence-electron chi connectivity index (χ0n) is 14.1. The fourth-order valence-corrected chi connectivity index (χ4v) is 2.94. The second-order valence-electron chi connectivity index (χ2n) is 6.15. The summed E-state index contributed by atoms with van der Waals surface area (Å²) in [4.78, 5) is 20.1. The highest BCUT2D eigenvalue weighted by atomic mass is 15.3. The second kappa shape index (κ2) is 6.81. The monoisotopic (exact) mass is 312 g/mol. The predicted octanol–water partition coefficient (Wildman–Crippen LogP) is 2.04. The van der Waals surface area contributed by atoms with Gasteiger partial charge >= 0.3 is 0 Å². The minimum Gasteiger partial charge on any atom is -0.363 e. The Labute approximate surface area is 137 Å². The fraction of sp³-hybridized carbons (Fsp3) is 0.471. The molecule has 1 atom stereocenters. The number of nitrogens with zero attached hydrogens (tertiary/aromatic N) is 6. The summed E-state index contributed by atoms with van der Waals surface area (Å²) in [6.07, 6.45) is 5.98. The zero-order valence-corrected chi connectivity index (χ0v) is 14.1. The van der Waals surface area contributed by atoms with Crippen molar-refractivity contribution in [2.75, 3.05) is 48.9 Å². The molecule has 0 amide bonds. The molecule has 3 rings (SSSR count). The van der Waals surface area contributed by atoms with Crippen LogP contribution in [0.2, 0.25) is 0 Å². The molecule has 1 fully saturated rings. The van der Waals surface area contributed by atoms with Gasteiger partial charge in [0.2, 0.25) is 5.95 Å². The highest BCUT2D eigenvalue weighted by Gasteiger charge is 2.25. The number of anilines is 3. The Morgan fingerprint density at radius 2 is 1.96 bits per heavy atom. The fourth-order valence-electron chi connectivity index (χ4n) is 2.94. The van der Waals surface area contributed by atoms with Crippen molar-refractivity contribution in [3.63, 3.8) is 0 Å². The molecule has 0 bridgehead atoms. The van der Waals surface area contributed by atoms with Crippen molar-refractivity contribution in [1.29, 1.82) is 0 Å². The molecule has 6 nitrogen and oxygen atoms in total. The summed E-state index contributed by atoms with van der Waals surface area (Å²) >= 11 is 0. The zero-order chi connectivity index (χ0) is 16.2. The Morgan fingerprint density at radius 1 is 1.09 bits per heavy atom. The number of pyridine rings is 1. The van der Waals surface area contributed by atoms with Crippen LogP contribution in [0.15, 0.2) is 36.7 Å². The number of aromatic nitrogens is 3. The molecular formula is C17H24N6. The summed E-state index contributed by atoms with van der Waals surface area (Å²) in [5, 5.41) is 0. The van der Waals surface area contributed by atoms with E-state index in [2.05, 4.69) is 37.9 Å².